The summed E-state index contributed by atoms with van der Waals surface area (Å²) in [5, 5.41) is 12.4. The van der Waals surface area contributed by atoms with Crippen LogP contribution >= 0.6 is 11.3 Å². The van der Waals surface area contributed by atoms with Crippen LogP contribution in [0, 0.1) is 0 Å². The van der Waals surface area contributed by atoms with Crippen LogP contribution in [0.15, 0.2) is 36.4 Å². The summed E-state index contributed by atoms with van der Waals surface area (Å²) in [6, 6.07) is 10.7. The number of benzene rings is 1. The number of aliphatic hydroxyl groups excluding tert-OH is 1. The quantitative estimate of drug-likeness (QED) is 0.680. The Kier molecular flexibility index (Phi) is 3.99. The van der Waals surface area contributed by atoms with Crippen molar-refractivity contribution in [2.24, 2.45) is 0 Å². The number of aliphatic hydroxyl groups is 1. The fourth-order valence-corrected chi connectivity index (χ4v) is 2.86. The van der Waals surface area contributed by atoms with E-state index in [4.69, 9.17) is 10.8 Å². The van der Waals surface area contributed by atoms with Gasteiger partial charge in [0.2, 0.25) is 0 Å². The first kappa shape index (κ1) is 14.4. The number of nitrogens with one attached hydrogen (secondary N) is 1. The Balaban J connectivity index is 1.71. The van der Waals surface area contributed by atoms with Gasteiger partial charge in [-0.05, 0) is 29.8 Å². The average molecular weight is 314 g/mol. The molecule has 0 aliphatic heterocycles. The van der Waals surface area contributed by atoms with E-state index >= 15 is 0 Å². The van der Waals surface area contributed by atoms with E-state index in [-0.39, 0.29) is 18.2 Å². The number of rotatable bonds is 4. The van der Waals surface area contributed by atoms with E-state index in [1.54, 1.807) is 18.2 Å². The highest BCUT2D eigenvalue weighted by atomic mass is 32.1. The number of pyridine rings is 1. The molecule has 1 aromatic carbocycles. The van der Waals surface area contributed by atoms with E-state index in [1.807, 2.05) is 18.2 Å². The number of carbonyl (C=O) groups is 1. The van der Waals surface area contributed by atoms with E-state index in [0.717, 1.165) is 15.8 Å². The molecule has 0 fully saturated rings. The number of carbonyl (C=O) groups excluding carboxylic acids is 1. The molecular weight excluding hydrogens is 300 g/mol. The second kappa shape index (κ2) is 6.08. The minimum Gasteiger partial charge on any atom is -0.390 e. The SMILES string of the molecule is Nc1nc2ccc(CNC(=O)c3cccc(CO)n3)cc2s1. The molecule has 4 N–H and O–H groups in total. The van der Waals surface area contributed by atoms with Crippen molar-refractivity contribution < 1.29 is 9.90 Å². The summed E-state index contributed by atoms with van der Waals surface area (Å²) >= 11 is 1.42. The zero-order chi connectivity index (χ0) is 15.5. The maximum absolute atomic E-state index is 12.1. The van der Waals surface area contributed by atoms with Crippen molar-refractivity contribution >= 4 is 32.6 Å². The molecule has 0 saturated heterocycles. The average Bonchev–Trinajstić information content (AvgIpc) is 2.91. The number of anilines is 1. The number of hydrogen-bond donors (Lipinski definition) is 3. The van der Waals surface area contributed by atoms with Gasteiger partial charge in [-0.2, -0.15) is 0 Å². The van der Waals surface area contributed by atoms with Gasteiger partial charge in [-0.3, -0.25) is 4.79 Å². The molecule has 3 rings (SSSR count). The Hall–Kier alpha value is -2.51. The summed E-state index contributed by atoms with van der Waals surface area (Å²) in [7, 11) is 0. The molecule has 22 heavy (non-hydrogen) atoms. The Morgan fingerprint density at radius 3 is 2.95 bits per heavy atom. The third-order valence-corrected chi connectivity index (χ3v) is 3.97. The Morgan fingerprint density at radius 1 is 1.27 bits per heavy atom. The molecule has 112 valence electrons. The third kappa shape index (κ3) is 3.05. The number of amides is 1. The van der Waals surface area contributed by atoms with Gasteiger partial charge in [-0.1, -0.05) is 23.5 Å². The van der Waals surface area contributed by atoms with Crippen LogP contribution in [0.5, 0.6) is 0 Å². The largest absolute Gasteiger partial charge is 0.390 e. The Morgan fingerprint density at radius 2 is 2.14 bits per heavy atom. The van der Waals surface area contributed by atoms with Gasteiger partial charge in [0.1, 0.15) is 5.69 Å². The second-order valence-electron chi connectivity index (χ2n) is 4.71. The van der Waals surface area contributed by atoms with E-state index in [9.17, 15) is 4.79 Å². The summed E-state index contributed by atoms with van der Waals surface area (Å²) in [4.78, 5) is 20.3. The Bertz CT molecular complexity index is 831. The van der Waals surface area contributed by atoms with Crippen LogP contribution in [0.4, 0.5) is 5.13 Å². The van der Waals surface area contributed by atoms with Crippen molar-refractivity contribution in [2.45, 2.75) is 13.2 Å². The molecular formula is C15H14N4O2S. The van der Waals surface area contributed by atoms with Gasteiger partial charge in [-0.15, -0.1) is 0 Å². The summed E-state index contributed by atoms with van der Waals surface area (Å²) in [5.74, 6) is -0.279. The molecule has 2 heterocycles. The van der Waals surface area contributed by atoms with Crippen molar-refractivity contribution in [1.29, 1.82) is 0 Å². The zero-order valence-electron chi connectivity index (χ0n) is 11.6. The monoisotopic (exact) mass is 314 g/mol. The highest BCUT2D eigenvalue weighted by Crippen LogP contribution is 2.24. The molecule has 0 spiro atoms. The van der Waals surface area contributed by atoms with Crippen LogP contribution in [0.25, 0.3) is 10.2 Å². The number of thiazole rings is 1. The number of nitrogen functional groups attached to an aromatic ring is 1. The minimum absolute atomic E-state index is 0.190. The molecule has 0 atom stereocenters. The fourth-order valence-electron chi connectivity index (χ4n) is 2.06. The standard InChI is InChI=1S/C15H14N4O2S/c16-15-19-11-5-4-9(6-13(11)22-15)7-17-14(21)12-3-1-2-10(8-20)18-12/h1-6,20H,7-8H2,(H2,16,19)(H,17,21). The summed E-state index contributed by atoms with van der Waals surface area (Å²) < 4.78 is 0.990. The predicted molar refractivity (Wildman–Crippen MR) is 85.4 cm³/mol. The highest BCUT2D eigenvalue weighted by Gasteiger charge is 2.08. The number of hydrogen-bond acceptors (Lipinski definition) is 6. The second-order valence-corrected chi connectivity index (χ2v) is 5.77. The molecule has 7 heteroatoms. The van der Waals surface area contributed by atoms with Crippen molar-refractivity contribution in [1.82, 2.24) is 15.3 Å². The van der Waals surface area contributed by atoms with Crippen molar-refractivity contribution in [3.05, 3.63) is 53.3 Å². The molecule has 6 nitrogen and oxygen atoms in total. The maximum Gasteiger partial charge on any atom is 0.270 e. The van der Waals surface area contributed by atoms with Crippen LogP contribution in [-0.4, -0.2) is 21.0 Å². The molecule has 0 saturated carbocycles. The van der Waals surface area contributed by atoms with Gasteiger partial charge in [-0.25, -0.2) is 9.97 Å². The van der Waals surface area contributed by atoms with Gasteiger partial charge in [0.15, 0.2) is 5.13 Å². The lowest BCUT2D eigenvalue weighted by Crippen LogP contribution is -2.24. The van der Waals surface area contributed by atoms with Gasteiger partial charge < -0.3 is 16.2 Å². The number of nitrogens with zero attached hydrogens (tertiary/aromatic N) is 2. The molecule has 0 aliphatic carbocycles. The minimum atomic E-state index is -0.279. The molecule has 0 aliphatic rings. The number of aromatic nitrogens is 2. The van der Waals surface area contributed by atoms with Gasteiger partial charge in [0, 0.05) is 6.54 Å². The smallest absolute Gasteiger partial charge is 0.270 e. The first-order chi connectivity index (χ1) is 10.7. The normalized spacial score (nSPS) is 10.8. The van der Waals surface area contributed by atoms with Gasteiger partial charge in [0.25, 0.3) is 5.91 Å². The van der Waals surface area contributed by atoms with E-state index in [2.05, 4.69) is 15.3 Å². The predicted octanol–water partition coefficient (Wildman–Crippen LogP) is 1.70. The van der Waals surface area contributed by atoms with Crippen LogP contribution in [0.1, 0.15) is 21.7 Å². The Labute approximate surface area is 130 Å². The van der Waals surface area contributed by atoms with Crippen molar-refractivity contribution in [3.8, 4) is 0 Å². The molecule has 0 bridgehead atoms. The lowest BCUT2D eigenvalue weighted by atomic mass is 10.2. The first-order valence-electron chi connectivity index (χ1n) is 6.65. The highest BCUT2D eigenvalue weighted by molar-refractivity contribution is 7.22. The van der Waals surface area contributed by atoms with E-state index in [0.29, 0.717) is 17.4 Å². The fraction of sp³-hybridized carbons (Fsp3) is 0.133. The zero-order valence-corrected chi connectivity index (χ0v) is 12.4. The molecule has 0 radical (unpaired) electrons. The molecule has 0 unspecified atom stereocenters. The molecule has 3 aromatic rings. The van der Waals surface area contributed by atoms with Crippen molar-refractivity contribution in [3.63, 3.8) is 0 Å². The van der Waals surface area contributed by atoms with E-state index in [1.165, 1.54) is 11.3 Å². The number of nitrogens with two attached hydrogens (primary N) is 1. The molecule has 2 aromatic heterocycles. The van der Waals surface area contributed by atoms with Crippen LogP contribution in [-0.2, 0) is 13.2 Å². The molecule has 1 amide bonds. The lowest BCUT2D eigenvalue weighted by molar-refractivity contribution is 0.0945. The van der Waals surface area contributed by atoms with E-state index < -0.39 is 0 Å². The first-order valence-corrected chi connectivity index (χ1v) is 7.47. The lowest BCUT2D eigenvalue weighted by Gasteiger charge is -2.06. The topological polar surface area (TPSA) is 101 Å². The van der Waals surface area contributed by atoms with Crippen LogP contribution < -0.4 is 11.1 Å². The third-order valence-electron chi connectivity index (χ3n) is 3.12. The number of fused-ring (bicyclic) bond motifs is 1. The van der Waals surface area contributed by atoms with Gasteiger partial charge in [0.05, 0.1) is 22.5 Å². The summed E-state index contributed by atoms with van der Waals surface area (Å²) in [5.41, 5.74) is 8.25. The summed E-state index contributed by atoms with van der Waals surface area (Å²) in [6.45, 7) is 0.197. The van der Waals surface area contributed by atoms with Crippen LogP contribution in [0.2, 0.25) is 0 Å². The summed E-state index contributed by atoms with van der Waals surface area (Å²) in [6.07, 6.45) is 0. The van der Waals surface area contributed by atoms with Crippen molar-refractivity contribution in [2.75, 3.05) is 5.73 Å². The van der Waals surface area contributed by atoms with Crippen LogP contribution in [0.3, 0.4) is 0 Å². The maximum atomic E-state index is 12.1. The van der Waals surface area contributed by atoms with Gasteiger partial charge >= 0.3 is 0 Å².